The maximum atomic E-state index is 13.5. The fourth-order valence-corrected chi connectivity index (χ4v) is 1.83. The quantitative estimate of drug-likeness (QED) is 0.699. The molecular weight excluding hydrogens is 299 g/mol. The highest BCUT2D eigenvalue weighted by Crippen LogP contribution is 2.18. The standard InChI is InChI=1S/C14H10ClFN2O3/c1-21-14(20)10-7-8(4-5-11(10)16)18-13(19)9-3-2-6-17-12(9)15/h2-7H,1H3,(H,18,19). The van der Waals surface area contributed by atoms with Crippen LogP contribution in [0.1, 0.15) is 20.7 Å². The van der Waals surface area contributed by atoms with Crippen molar-refractivity contribution in [1.29, 1.82) is 0 Å². The van der Waals surface area contributed by atoms with Crippen LogP contribution in [0.4, 0.5) is 10.1 Å². The number of anilines is 1. The summed E-state index contributed by atoms with van der Waals surface area (Å²) in [5.74, 6) is -2.09. The average Bonchev–Trinajstić information content (AvgIpc) is 2.48. The number of methoxy groups -OCH3 is 1. The first-order chi connectivity index (χ1) is 10.0. The lowest BCUT2D eigenvalue weighted by molar-refractivity contribution is 0.0595. The molecule has 108 valence electrons. The van der Waals surface area contributed by atoms with Crippen molar-refractivity contribution in [2.75, 3.05) is 12.4 Å². The van der Waals surface area contributed by atoms with Crippen molar-refractivity contribution in [3.8, 4) is 0 Å². The fraction of sp³-hybridized carbons (Fsp3) is 0.0714. The number of nitrogens with zero attached hydrogens (tertiary/aromatic N) is 1. The van der Waals surface area contributed by atoms with Gasteiger partial charge in [-0.25, -0.2) is 14.2 Å². The van der Waals surface area contributed by atoms with Crippen molar-refractivity contribution < 1.29 is 18.7 Å². The molecule has 0 fully saturated rings. The molecule has 0 spiro atoms. The van der Waals surface area contributed by atoms with E-state index < -0.39 is 17.7 Å². The third-order valence-corrected chi connectivity index (χ3v) is 2.93. The van der Waals surface area contributed by atoms with Gasteiger partial charge in [-0.2, -0.15) is 0 Å². The molecule has 0 unspecified atom stereocenters. The van der Waals surface area contributed by atoms with Crippen molar-refractivity contribution in [1.82, 2.24) is 4.98 Å². The number of pyridine rings is 1. The van der Waals surface area contributed by atoms with Crippen molar-refractivity contribution in [3.05, 3.63) is 58.6 Å². The predicted octanol–water partition coefficient (Wildman–Crippen LogP) is 2.91. The van der Waals surface area contributed by atoms with Crippen molar-refractivity contribution >= 4 is 29.2 Å². The fourth-order valence-electron chi connectivity index (χ4n) is 1.62. The molecule has 0 atom stereocenters. The molecule has 7 heteroatoms. The number of ether oxygens (including phenoxy) is 1. The number of esters is 1. The van der Waals surface area contributed by atoms with E-state index in [9.17, 15) is 14.0 Å². The van der Waals surface area contributed by atoms with Crippen LogP contribution in [-0.2, 0) is 4.74 Å². The third kappa shape index (κ3) is 3.35. The van der Waals surface area contributed by atoms with Crippen LogP contribution < -0.4 is 5.32 Å². The van der Waals surface area contributed by atoms with Crippen LogP contribution >= 0.6 is 11.6 Å². The topological polar surface area (TPSA) is 68.3 Å². The van der Waals surface area contributed by atoms with E-state index in [2.05, 4.69) is 15.0 Å². The highest BCUT2D eigenvalue weighted by molar-refractivity contribution is 6.33. The van der Waals surface area contributed by atoms with E-state index >= 15 is 0 Å². The second-order valence-corrected chi connectivity index (χ2v) is 4.34. The molecule has 0 aliphatic carbocycles. The van der Waals surface area contributed by atoms with Crippen LogP contribution in [0, 0.1) is 5.82 Å². The summed E-state index contributed by atoms with van der Waals surface area (Å²) < 4.78 is 17.9. The molecule has 1 heterocycles. The Morgan fingerprint density at radius 2 is 2.05 bits per heavy atom. The smallest absolute Gasteiger partial charge is 0.340 e. The number of rotatable bonds is 3. The van der Waals surface area contributed by atoms with Gasteiger partial charge in [-0.15, -0.1) is 0 Å². The number of carbonyl (C=O) groups excluding carboxylic acids is 2. The normalized spacial score (nSPS) is 10.0. The molecule has 0 radical (unpaired) electrons. The summed E-state index contributed by atoms with van der Waals surface area (Å²) in [6.07, 6.45) is 1.45. The van der Waals surface area contributed by atoms with Gasteiger partial charge in [0.1, 0.15) is 11.0 Å². The van der Waals surface area contributed by atoms with Crippen molar-refractivity contribution in [2.24, 2.45) is 0 Å². The molecule has 1 amide bonds. The van der Waals surface area contributed by atoms with E-state index in [1.54, 1.807) is 6.07 Å². The average molecular weight is 309 g/mol. The minimum absolute atomic E-state index is 0.0466. The monoisotopic (exact) mass is 308 g/mol. The zero-order valence-electron chi connectivity index (χ0n) is 10.9. The summed E-state index contributed by atoms with van der Waals surface area (Å²) >= 11 is 5.81. The van der Waals surface area contributed by atoms with Gasteiger partial charge in [-0.3, -0.25) is 4.79 Å². The zero-order chi connectivity index (χ0) is 15.4. The van der Waals surface area contributed by atoms with Crippen LogP contribution in [0.15, 0.2) is 36.5 Å². The lowest BCUT2D eigenvalue weighted by atomic mass is 10.1. The van der Waals surface area contributed by atoms with Gasteiger partial charge >= 0.3 is 5.97 Å². The molecule has 0 saturated carbocycles. The molecule has 2 aromatic rings. The highest BCUT2D eigenvalue weighted by atomic mass is 35.5. The molecule has 1 N–H and O–H groups in total. The van der Waals surface area contributed by atoms with E-state index in [1.807, 2.05) is 0 Å². The molecule has 1 aromatic carbocycles. The number of halogens is 2. The zero-order valence-corrected chi connectivity index (χ0v) is 11.6. The summed E-state index contributed by atoms with van der Waals surface area (Å²) in [5.41, 5.74) is 0.136. The predicted molar refractivity (Wildman–Crippen MR) is 74.9 cm³/mol. The largest absolute Gasteiger partial charge is 0.465 e. The molecule has 5 nitrogen and oxygen atoms in total. The van der Waals surface area contributed by atoms with Gasteiger partial charge in [0.25, 0.3) is 5.91 Å². The van der Waals surface area contributed by atoms with E-state index in [1.165, 1.54) is 24.4 Å². The Morgan fingerprint density at radius 1 is 1.29 bits per heavy atom. The van der Waals surface area contributed by atoms with E-state index in [4.69, 9.17) is 11.6 Å². The van der Waals surface area contributed by atoms with Gasteiger partial charge in [-0.05, 0) is 30.3 Å². The maximum Gasteiger partial charge on any atom is 0.340 e. The number of hydrogen-bond donors (Lipinski definition) is 1. The van der Waals surface area contributed by atoms with Crippen LogP contribution in [0.2, 0.25) is 5.15 Å². The summed E-state index contributed by atoms with van der Waals surface area (Å²) in [7, 11) is 1.14. The summed E-state index contributed by atoms with van der Waals surface area (Å²) in [6.45, 7) is 0. The molecule has 21 heavy (non-hydrogen) atoms. The molecular formula is C14H10ClFN2O3. The van der Waals surface area contributed by atoms with Crippen LogP contribution in [-0.4, -0.2) is 24.0 Å². The summed E-state index contributed by atoms with van der Waals surface area (Å²) in [4.78, 5) is 27.2. The van der Waals surface area contributed by atoms with Gasteiger partial charge in [0, 0.05) is 11.9 Å². The summed E-state index contributed by atoms with van der Waals surface area (Å²) in [5, 5.41) is 2.55. The number of amides is 1. The van der Waals surface area contributed by atoms with E-state index in [-0.39, 0.29) is 22.0 Å². The van der Waals surface area contributed by atoms with Crippen LogP contribution in [0.5, 0.6) is 0 Å². The number of hydrogen-bond acceptors (Lipinski definition) is 4. The van der Waals surface area contributed by atoms with Crippen molar-refractivity contribution in [2.45, 2.75) is 0 Å². The second kappa shape index (κ2) is 6.32. The van der Waals surface area contributed by atoms with Crippen LogP contribution in [0.25, 0.3) is 0 Å². The Bertz CT molecular complexity index is 706. The third-order valence-electron chi connectivity index (χ3n) is 2.63. The van der Waals surface area contributed by atoms with Crippen LogP contribution in [0.3, 0.4) is 0 Å². The van der Waals surface area contributed by atoms with Gasteiger partial charge in [-0.1, -0.05) is 11.6 Å². The number of carbonyl (C=O) groups is 2. The maximum absolute atomic E-state index is 13.5. The summed E-state index contributed by atoms with van der Waals surface area (Å²) in [6, 6.07) is 6.63. The Labute approximate surface area is 124 Å². The van der Waals surface area contributed by atoms with E-state index in [0.717, 1.165) is 13.2 Å². The van der Waals surface area contributed by atoms with Gasteiger partial charge in [0.05, 0.1) is 18.2 Å². The number of aromatic nitrogens is 1. The molecule has 0 bridgehead atoms. The molecule has 1 aromatic heterocycles. The Morgan fingerprint density at radius 3 is 2.71 bits per heavy atom. The van der Waals surface area contributed by atoms with Crippen molar-refractivity contribution in [3.63, 3.8) is 0 Å². The van der Waals surface area contributed by atoms with Gasteiger partial charge in [0.2, 0.25) is 0 Å². The highest BCUT2D eigenvalue weighted by Gasteiger charge is 2.15. The Balaban J connectivity index is 2.26. The molecule has 2 rings (SSSR count). The minimum Gasteiger partial charge on any atom is -0.465 e. The second-order valence-electron chi connectivity index (χ2n) is 3.98. The Kier molecular flexibility index (Phi) is 4.49. The lowest BCUT2D eigenvalue weighted by Crippen LogP contribution is -2.14. The first-order valence-electron chi connectivity index (χ1n) is 5.82. The Hall–Kier alpha value is -2.47. The SMILES string of the molecule is COC(=O)c1cc(NC(=O)c2cccnc2Cl)ccc1F. The number of nitrogens with one attached hydrogen (secondary N) is 1. The minimum atomic E-state index is -0.831. The number of benzene rings is 1. The lowest BCUT2D eigenvalue weighted by Gasteiger charge is -2.08. The first-order valence-corrected chi connectivity index (χ1v) is 6.20. The van der Waals surface area contributed by atoms with Gasteiger partial charge in [0.15, 0.2) is 0 Å². The molecule has 0 aliphatic rings. The van der Waals surface area contributed by atoms with Gasteiger partial charge < -0.3 is 10.1 Å². The molecule has 0 saturated heterocycles. The van der Waals surface area contributed by atoms with E-state index in [0.29, 0.717) is 0 Å². The first kappa shape index (κ1) is 14.9. The molecule has 0 aliphatic heterocycles.